The van der Waals surface area contributed by atoms with Gasteiger partial charge in [0.2, 0.25) is 0 Å². The summed E-state index contributed by atoms with van der Waals surface area (Å²) >= 11 is 0.551. The average Bonchev–Trinajstić information content (AvgIpc) is 2.75. The van der Waals surface area contributed by atoms with Crippen LogP contribution in [0.4, 0.5) is 11.4 Å². The second kappa shape index (κ2) is 16.7. The van der Waals surface area contributed by atoms with Gasteiger partial charge >= 0.3 is 50.6 Å². The first-order valence-corrected chi connectivity index (χ1v) is 11.5. The normalized spacial score (nSPS) is 9.66. The van der Waals surface area contributed by atoms with Crippen molar-refractivity contribution in [3.63, 3.8) is 0 Å². The molecule has 13 nitrogen and oxygen atoms in total. The molecule has 0 bridgehead atoms. The number of azo groups is 1. The van der Waals surface area contributed by atoms with Crippen molar-refractivity contribution in [3.8, 4) is 11.5 Å². The number of nitrogens with one attached hydrogen (secondary N) is 1. The van der Waals surface area contributed by atoms with Crippen molar-refractivity contribution >= 4 is 40.9 Å². The van der Waals surface area contributed by atoms with E-state index < -0.39 is 48.7 Å². The van der Waals surface area contributed by atoms with E-state index in [0.717, 1.165) is 0 Å². The van der Waals surface area contributed by atoms with Gasteiger partial charge in [0.25, 0.3) is 0 Å². The Labute approximate surface area is 203 Å². The van der Waals surface area contributed by atoms with E-state index in [4.69, 9.17) is 24.1 Å². The number of ether oxygens (including phenoxy) is 1. The summed E-state index contributed by atoms with van der Waals surface area (Å²) in [6.07, 6.45) is 1.21. The number of carbonyl (C=O) groups is 1. The standard InChI is InChI=1S/C16H15N5O4S.2Mo.4O/c1-25-13-7-10(6-9(14(13)22)8-18-21-16(17)26)19-20-12-5-3-2-4-11(12)15(23)24;;;;;;/h2-8,22H,1H3,(H,23,24)(H3,17,21,26);;;;;;/p-2/b18-8+,20-19?;;;;;;. The van der Waals surface area contributed by atoms with Gasteiger partial charge in [-0.05, 0) is 29.9 Å². The van der Waals surface area contributed by atoms with E-state index in [-0.39, 0.29) is 33.4 Å². The first kappa shape index (κ1) is 29.0. The van der Waals surface area contributed by atoms with E-state index in [1.165, 1.54) is 37.6 Å². The summed E-state index contributed by atoms with van der Waals surface area (Å²) in [5.74, 6) is -1.77. The van der Waals surface area contributed by atoms with E-state index >= 15 is 0 Å². The summed E-state index contributed by atoms with van der Waals surface area (Å²) in [5.41, 5.74) is 7.99. The molecule has 0 aromatic heterocycles. The Morgan fingerprint density at radius 1 is 1.16 bits per heavy atom. The molecule has 0 saturated heterocycles. The molecule has 170 valence electrons. The zero-order valence-corrected chi connectivity index (χ0v) is 20.8. The molecule has 0 amide bonds. The molecule has 0 radical (unpaired) electrons. The van der Waals surface area contributed by atoms with Crippen LogP contribution < -0.4 is 26.1 Å². The second-order valence-corrected chi connectivity index (χ2v) is 6.05. The molecular formula is C16H13Mo2N5O8S-2. The number of carboxylic acids is 1. The minimum atomic E-state index is -2.03. The van der Waals surface area contributed by atoms with E-state index in [0.29, 0.717) is 0 Å². The number of carbonyl (C=O) groups excluding carboxylic acids is 1. The van der Waals surface area contributed by atoms with Crippen LogP contribution in [0.1, 0.15) is 15.9 Å². The van der Waals surface area contributed by atoms with E-state index in [1.807, 2.05) is 0 Å². The Balaban J connectivity index is 0.00000144. The Morgan fingerprint density at radius 2 is 1.75 bits per heavy atom. The maximum absolute atomic E-state index is 12.2. The van der Waals surface area contributed by atoms with Crippen molar-refractivity contribution in [2.24, 2.45) is 21.1 Å². The fourth-order valence-corrected chi connectivity index (χ4v) is 1.98. The first-order chi connectivity index (χ1) is 15.2. The fourth-order valence-electron chi connectivity index (χ4n) is 1.92. The zero-order valence-electron chi connectivity index (χ0n) is 16.0. The minimum absolute atomic E-state index is 0.0198. The van der Waals surface area contributed by atoms with Crippen molar-refractivity contribution in [2.75, 3.05) is 7.11 Å². The van der Waals surface area contributed by atoms with Gasteiger partial charge in [0, 0.05) is 11.6 Å². The Hall–Kier alpha value is -2.95. The molecule has 3 N–H and O–H groups in total. The van der Waals surface area contributed by atoms with Crippen LogP contribution in [0.2, 0.25) is 0 Å². The molecule has 0 heterocycles. The van der Waals surface area contributed by atoms with Crippen molar-refractivity contribution in [3.05, 3.63) is 47.5 Å². The van der Waals surface area contributed by atoms with Crippen LogP contribution in [0, 0.1) is 0 Å². The summed E-state index contributed by atoms with van der Waals surface area (Å²) in [6.45, 7) is 0. The molecular weight excluding hydrogens is 614 g/mol. The number of benzene rings is 2. The van der Waals surface area contributed by atoms with Crippen LogP contribution in [-0.2, 0) is 50.6 Å². The predicted molar refractivity (Wildman–Crippen MR) is 97.6 cm³/mol. The second-order valence-electron chi connectivity index (χ2n) is 4.94. The number of methoxy groups -OCH3 is 1. The van der Waals surface area contributed by atoms with Gasteiger partial charge < -0.3 is 25.5 Å². The molecule has 2 rings (SSSR count). The fraction of sp³-hybridized carbons (Fsp3) is 0.0625. The van der Waals surface area contributed by atoms with Crippen molar-refractivity contribution < 1.29 is 70.3 Å². The number of hydrogen-bond donors (Lipinski definition) is 2. The molecule has 0 spiro atoms. The number of aromatic carboxylic acids is 1. The van der Waals surface area contributed by atoms with Gasteiger partial charge in [0.15, 0.2) is 5.11 Å². The topological polar surface area (TPSA) is 216 Å². The number of nitrogens with two attached hydrogens (primary N) is 1. The van der Waals surface area contributed by atoms with Gasteiger partial charge in [-0.2, -0.15) is 10.2 Å². The maximum atomic E-state index is 12.2. The van der Waals surface area contributed by atoms with Gasteiger partial charge in [-0.25, -0.2) is 0 Å². The number of thiocarbonyl (C=S) groups is 1. The van der Waals surface area contributed by atoms with Crippen LogP contribution in [0.25, 0.3) is 0 Å². The molecule has 2 aromatic rings. The predicted octanol–water partition coefficient (Wildman–Crippen LogP) is 0.235. The quantitative estimate of drug-likeness (QED) is 0.145. The van der Waals surface area contributed by atoms with Crippen molar-refractivity contribution in [1.82, 2.24) is 5.43 Å². The van der Waals surface area contributed by atoms with E-state index in [9.17, 15) is 15.0 Å². The summed E-state index contributed by atoms with van der Waals surface area (Å²) in [4.78, 5) is 11.1. The molecule has 0 aliphatic heterocycles. The van der Waals surface area contributed by atoms with Crippen LogP contribution >= 0.6 is 12.2 Å². The molecule has 0 aliphatic carbocycles. The van der Waals surface area contributed by atoms with Gasteiger partial charge in [-0.3, -0.25) is 5.43 Å². The third-order valence-electron chi connectivity index (χ3n) is 3.06. The molecule has 2 aromatic carbocycles. The van der Waals surface area contributed by atoms with Crippen LogP contribution in [-0.4, -0.2) is 24.4 Å². The molecule has 0 fully saturated rings. The van der Waals surface area contributed by atoms with E-state index in [1.54, 1.807) is 12.1 Å². The Morgan fingerprint density at radius 3 is 2.28 bits per heavy atom. The number of rotatable bonds is 6. The van der Waals surface area contributed by atoms with Gasteiger partial charge in [-0.15, -0.1) is 5.11 Å². The molecule has 0 saturated carbocycles. The van der Waals surface area contributed by atoms with Crippen molar-refractivity contribution in [2.45, 2.75) is 0 Å². The first-order valence-electron chi connectivity index (χ1n) is 7.78. The zero-order chi connectivity index (χ0) is 24.5. The number of hydrogen-bond acceptors (Lipinski definition) is 12. The molecule has 0 atom stereocenters. The summed E-state index contributed by atoms with van der Waals surface area (Å²) in [6, 6.07) is 8.75. The third kappa shape index (κ3) is 10.9. The summed E-state index contributed by atoms with van der Waals surface area (Å²) in [5, 5.41) is 34.8. The Bertz CT molecular complexity index is 1070. The SMILES string of the molecule is COc1cc(N=Nc2ccccc2C(=O)[O-])cc(/C=N/NC(N)=S)c1[O-].[O]=[Mo]=[O].[O]=[Mo]=[O]. The van der Waals surface area contributed by atoms with Crippen LogP contribution in [0.15, 0.2) is 51.7 Å². The number of hydrazone groups is 1. The molecule has 0 unspecified atom stereocenters. The number of nitrogens with zero attached hydrogens (tertiary/aromatic N) is 3. The summed E-state index contributed by atoms with van der Waals surface area (Å²) in [7, 11) is 1.33. The molecule has 16 heteroatoms. The van der Waals surface area contributed by atoms with Crippen LogP contribution in [0.5, 0.6) is 11.5 Å². The summed E-state index contributed by atoms with van der Waals surface area (Å²) < 4.78 is 39.0. The molecule has 32 heavy (non-hydrogen) atoms. The third-order valence-corrected chi connectivity index (χ3v) is 3.16. The van der Waals surface area contributed by atoms with Gasteiger partial charge in [0.1, 0.15) is 5.75 Å². The van der Waals surface area contributed by atoms with Gasteiger partial charge in [0.05, 0.1) is 30.7 Å². The van der Waals surface area contributed by atoms with E-state index in [2.05, 4.69) is 33.0 Å². The van der Waals surface area contributed by atoms with Crippen molar-refractivity contribution in [1.29, 1.82) is 0 Å². The van der Waals surface area contributed by atoms with Crippen LogP contribution in [0.3, 0.4) is 0 Å². The van der Waals surface area contributed by atoms with Gasteiger partial charge in [-0.1, -0.05) is 23.9 Å². The number of carboxylic acid groups (broad SMARTS) is 1. The monoisotopic (exact) mass is 631 g/mol. The Kier molecular flexibility index (Phi) is 15.2. The average molecular weight is 627 g/mol. The molecule has 0 aliphatic rings.